The van der Waals surface area contributed by atoms with Crippen molar-refractivity contribution in [3.8, 4) is 11.5 Å². The van der Waals surface area contributed by atoms with Crippen molar-refractivity contribution < 1.29 is 28.2 Å². The van der Waals surface area contributed by atoms with Gasteiger partial charge in [-0.15, -0.1) is 12.4 Å². The second kappa shape index (κ2) is 18.3. The van der Waals surface area contributed by atoms with Gasteiger partial charge in [-0.2, -0.15) is 0 Å². The number of halogens is 3. The number of pyridine rings is 1. The molecule has 2 heterocycles. The molecule has 1 aliphatic heterocycles. The van der Waals surface area contributed by atoms with E-state index < -0.39 is 23.9 Å². The van der Waals surface area contributed by atoms with E-state index in [1.807, 2.05) is 63.2 Å². The Labute approximate surface area is 310 Å². The largest absolute Gasteiger partial charge is 0.492 e. The Hall–Kier alpha value is -4.22. The molecule has 0 aliphatic carbocycles. The summed E-state index contributed by atoms with van der Waals surface area (Å²) < 4.78 is 33.0. The first-order valence-electron chi connectivity index (χ1n) is 16.7. The first kappa shape index (κ1) is 39.6. The van der Waals surface area contributed by atoms with Crippen molar-refractivity contribution in [2.45, 2.75) is 58.9 Å². The topological polar surface area (TPSA) is 102 Å². The average Bonchev–Trinajstić information content (AvgIpc) is 3.19. The third-order valence-corrected chi connectivity index (χ3v) is 8.36. The third-order valence-electron chi connectivity index (χ3n) is 8.13. The molecule has 4 aromatic rings. The number of benzene rings is 3. The Bertz CT molecular complexity index is 1770. The van der Waals surface area contributed by atoms with E-state index in [4.69, 9.17) is 25.8 Å². The van der Waals surface area contributed by atoms with Gasteiger partial charge in [0.15, 0.2) is 11.5 Å². The van der Waals surface area contributed by atoms with Gasteiger partial charge in [0.25, 0.3) is 5.91 Å². The molecule has 2 amide bonds. The zero-order chi connectivity index (χ0) is 35.7. The number of amides is 2. The number of carbonyl (C=O) groups is 2. The standard InChI is InChI=1S/C39H44ClFN4O5.ClH/c1-39(2,3)25-45-32-17-16-27(40)21-30(32)36(50-34(38(45)47)22-35(46)44-23-26-11-5-6-14-31(26)41)29-13-9-15-33(37(29)48-4)49-20-10-18-42-24-28-12-7-8-19-43-28;/h5-9,11-17,19,21,34,36,42H,10,18,20,22-25H2,1-4H3,(H,44,46);1H/t34-,36-;/m0./s1. The average molecular weight is 740 g/mol. The second-order valence-corrected chi connectivity index (χ2v) is 13.8. The summed E-state index contributed by atoms with van der Waals surface area (Å²) >= 11 is 6.57. The SMILES string of the molecule is COc1c(OCCCNCc2ccccn2)cccc1[C@@H]1O[C@@H](CC(=O)NCc2ccccc2F)C(=O)N(CC(C)(C)C)c2ccc(Cl)cc21.Cl. The number of aromatic nitrogens is 1. The molecule has 0 saturated heterocycles. The predicted octanol–water partition coefficient (Wildman–Crippen LogP) is 7.44. The zero-order valence-corrected chi connectivity index (χ0v) is 30.9. The molecule has 3 aromatic carbocycles. The summed E-state index contributed by atoms with van der Waals surface area (Å²) in [4.78, 5) is 33.6. The van der Waals surface area contributed by atoms with Crippen LogP contribution in [0.3, 0.4) is 0 Å². The summed E-state index contributed by atoms with van der Waals surface area (Å²) in [7, 11) is 1.56. The van der Waals surface area contributed by atoms with Crippen molar-refractivity contribution in [3.05, 3.63) is 118 Å². The molecule has 9 nitrogen and oxygen atoms in total. The van der Waals surface area contributed by atoms with Crippen LogP contribution in [0.15, 0.2) is 85.1 Å². The van der Waals surface area contributed by atoms with Gasteiger partial charge in [-0.1, -0.05) is 68.8 Å². The maximum Gasteiger partial charge on any atom is 0.256 e. The van der Waals surface area contributed by atoms with Crippen LogP contribution in [0.5, 0.6) is 11.5 Å². The van der Waals surface area contributed by atoms with Crippen molar-refractivity contribution in [2.75, 3.05) is 31.7 Å². The number of carbonyl (C=O) groups excluding carboxylic acids is 2. The lowest BCUT2D eigenvalue weighted by atomic mass is 9.94. The van der Waals surface area contributed by atoms with Crippen LogP contribution in [0.4, 0.5) is 10.1 Å². The monoisotopic (exact) mass is 738 g/mol. The number of ether oxygens (including phenoxy) is 3. The molecular weight excluding hydrogens is 694 g/mol. The van der Waals surface area contributed by atoms with Crippen LogP contribution in [-0.2, 0) is 27.4 Å². The molecule has 2 atom stereocenters. The maximum absolute atomic E-state index is 14.3. The second-order valence-electron chi connectivity index (χ2n) is 13.3. The number of nitrogens with zero attached hydrogens (tertiary/aromatic N) is 2. The van der Waals surface area contributed by atoms with Crippen molar-refractivity contribution in [3.63, 3.8) is 0 Å². The molecule has 272 valence electrons. The number of rotatable bonds is 14. The molecule has 0 saturated carbocycles. The molecular formula is C39H45Cl2FN4O5. The molecule has 0 spiro atoms. The highest BCUT2D eigenvalue weighted by molar-refractivity contribution is 6.30. The molecule has 12 heteroatoms. The van der Waals surface area contributed by atoms with Crippen LogP contribution in [0, 0.1) is 11.2 Å². The summed E-state index contributed by atoms with van der Waals surface area (Å²) in [5.41, 5.74) is 2.91. The van der Waals surface area contributed by atoms with Crippen LogP contribution in [0.2, 0.25) is 5.02 Å². The van der Waals surface area contributed by atoms with Gasteiger partial charge in [0.2, 0.25) is 5.91 Å². The van der Waals surface area contributed by atoms with Crippen LogP contribution in [0.1, 0.15) is 62.1 Å². The molecule has 1 aromatic heterocycles. The van der Waals surface area contributed by atoms with Gasteiger partial charge in [0, 0.05) is 53.2 Å². The lowest BCUT2D eigenvalue weighted by molar-refractivity contribution is -0.138. The first-order valence-corrected chi connectivity index (χ1v) is 17.1. The molecule has 2 N–H and O–H groups in total. The van der Waals surface area contributed by atoms with Crippen LogP contribution in [-0.4, -0.2) is 49.7 Å². The van der Waals surface area contributed by atoms with E-state index in [0.29, 0.717) is 58.6 Å². The molecule has 0 bridgehead atoms. The fourth-order valence-corrected chi connectivity index (χ4v) is 6.01. The van der Waals surface area contributed by atoms with Crippen LogP contribution in [0.25, 0.3) is 0 Å². The quantitative estimate of drug-likeness (QED) is 0.130. The van der Waals surface area contributed by atoms with E-state index in [1.165, 1.54) is 6.07 Å². The van der Waals surface area contributed by atoms with E-state index in [-0.39, 0.29) is 36.7 Å². The van der Waals surface area contributed by atoms with Gasteiger partial charge < -0.3 is 29.7 Å². The fraction of sp³-hybridized carbons (Fsp3) is 0.359. The summed E-state index contributed by atoms with van der Waals surface area (Å²) in [5.74, 6) is -0.275. The van der Waals surface area contributed by atoms with Crippen LogP contribution < -0.4 is 25.0 Å². The minimum Gasteiger partial charge on any atom is -0.492 e. The highest BCUT2D eigenvalue weighted by Gasteiger charge is 2.40. The lowest BCUT2D eigenvalue weighted by Gasteiger charge is -2.31. The lowest BCUT2D eigenvalue weighted by Crippen LogP contribution is -2.45. The normalized spacial score (nSPS) is 15.7. The van der Waals surface area contributed by atoms with Crippen molar-refractivity contribution in [1.82, 2.24) is 15.6 Å². The molecule has 1 aliphatic rings. The minimum absolute atomic E-state index is 0. The first-order chi connectivity index (χ1) is 24.0. The number of fused-ring (bicyclic) bond motifs is 1. The van der Waals surface area contributed by atoms with Crippen molar-refractivity contribution in [1.29, 1.82) is 0 Å². The number of hydrogen-bond acceptors (Lipinski definition) is 7. The van der Waals surface area contributed by atoms with E-state index in [2.05, 4.69) is 15.6 Å². The van der Waals surface area contributed by atoms with Crippen molar-refractivity contribution in [2.24, 2.45) is 5.41 Å². The number of methoxy groups -OCH3 is 1. The Morgan fingerprint density at radius 1 is 1.02 bits per heavy atom. The maximum atomic E-state index is 14.3. The van der Waals surface area contributed by atoms with Gasteiger partial charge >= 0.3 is 0 Å². The number of anilines is 1. The summed E-state index contributed by atoms with van der Waals surface area (Å²) in [5, 5.41) is 6.59. The summed E-state index contributed by atoms with van der Waals surface area (Å²) in [6.45, 7) is 8.25. The highest BCUT2D eigenvalue weighted by atomic mass is 35.5. The highest BCUT2D eigenvalue weighted by Crippen LogP contribution is 2.45. The Balaban J connectivity index is 0.00000583. The van der Waals surface area contributed by atoms with Crippen molar-refractivity contribution >= 4 is 41.5 Å². The van der Waals surface area contributed by atoms with Gasteiger partial charge in [-0.3, -0.25) is 14.6 Å². The number of hydrogen-bond donors (Lipinski definition) is 2. The Kier molecular flexibility index (Phi) is 14.2. The zero-order valence-electron chi connectivity index (χ0n) is 29.3. The minimum atomic E-state index is -1.17. The fourth-order valence-electron chi connectivity index (χ4n) is 5.83. The van der Waals surface area contributed by atoms with Gasteiger partial charge in [-0.25, -0.2) is 4.39 Å². The van der Waals surface area contributed by atoms with Gasteiger partial charge in [0.1, 0.15) is 18.0 Å². The smallest absolute Gasteiger partial charge is 0.256 e. The van der Waals surface area contributed by atoms with E-state index in [9.17, 15) is 14.0 Å². The van der Waals surface area contributed by atoms with E-state index in [0.717, 1.165) is 18.7 Å². The van der Waals surface area contributed by atoms with Crippen LogP contribution >= 0.6 is 24.0 Å². The van der Waals surface area contributed by atoms with E-state index in [1.54, 1.807) is 48.5 Å². The number of nitrogens with one attached hydrogen (secondary N) is 2. The molecule has 0 unspecified atom stereocenters. The van der Waals surface area contributed by atoms with Gasteiger partial charge in [0.05, 0.1) is 25.8 Å². The summed E-state index contributed by atoms with van der Waals surface area (Å²) in [6, 6.07) is 22.9. The molecule has 51 heavy (non-hydrogen) atoms. The van der Waals surface area contributed by atoms with E-state index >= 15 is 0 Å². The molecule has 0 radical (unpaired) electrons. The third kappa shape index (κ3) is 10.6. The Morgan fingerprint density at radius 3 is 2.53 bits per heavy atom. The predicted molar refractivity (Wildman–Crippen MR) is 199 cm³/mol. The molecule has 0 fully saturated rings. The number of para-hydroxylation sites is 1. The Morgan fingerprint density at radius 2 is 1.80 bits per heavy atom. The van der Waals surface area contributed by atoms with Gasteiger partial charge in [-0.05, 0) is 60.8 Å². The summed E-state index contributed by atoms with van der Waals surface area (Å²) in [6.07, 6.45) is 0.205. The molecule has 5 rings (SSSR count).